The third-order valence-corrected chi connectivity index (χ3v) is 10.5. The minimum absolute atomic E-state index is 0.136. The van der Waals surface area contributed by atoms with Crippen molar-refractivity contribution in [3.63, 3.8) is 0 Å². The van der Waals surface area contributed by atoms with Gasteiger partial charge in [-0.05, 0) is 69.3 Å². The third-order valence-electron chi connectivity index (χ3n) is 7.96. The van der Waals surface area contributed by atoms with Crippen LogP contribution in [0.4, 0.5) is 17.1 Å². The first-order valence-corrected chi connectivity index (χ1v) is 16.8. The second-order valence-corrected chi connectivity index (χ2v) is 15.5. The summed E-state index contributed by atoms with van der Waals surface area (Å²) < 4.78 is 6.60. The number of amides is 3. The molecule has 4 rings (SSSR count). The van der Waals surface area contributed by atoms with Crippen molar-refractivity contribution in [1.82, 2.24) is 0 Å². The van der Waals surface area contributed by atoms with Crippen LogP contribution in [0.15, 0.2) is 42.5 Å². The molecule has 1 saturated heterocycles. The van der Waals surface area contributed by atoms with Crippen molar-refractivity contribution in [2.24, 2.45) is 5.92 Å². The number of carbonyl (C=O) groups is 3. The first-order valence-electron chi connectivity index (χ1n) is 13.7. The number of aliphatic hydroxyl groups is 3. The highest BCUT2D eigenvalue weighted by molar-refractivity contribution is 6.71. The fraction of sp³-hybridized carbons (Fsp3) is 0.483. The fourth-order valence-corrected chi connectivity index (χ4v) is 8.74. The normalized spacial score (nSPS) is 25.2. The lowest BCUT2D eigenvalue weighted by Gasteiger charge is -2.32. The van der Waals surface area contributed by atoms with Crippen LogP contribution >= 0.6 is 0 Å². The second kappa shape index (κ2) is 11.6. The monoisotopic (exact) mass is 585 g/mol. The number of benzene rings is 2. The van der Waals surface area contributed by atoms with Crippen LogP contribution in [0.25, 0.3) is 0 Å². The number of fused-ring (bicyclic) bond motifs is 2. The molecule has 6 N–H and O–H groups in total. The van der Waals surface area contributed by atoms with Gasteiger partial charge < -0.3 is 40.4 Å². The SMILES string of the molecule is C[C@H](O)C(=O)Nc1cccc(CN2C(=O)[C@@]3(O[C@@H](CCO)[C@H]([Si](C)(C)O)[C@H]3C)c3cc(NC(=O)[C@H](C)O)ccc32)c1. The van der Waals surface area contributed by atoms with E-state index >= 15 is 0 Å². The molecule has 0 aliphatic carbocycles. The molecule has 2 aliphatic rings. The van der Waals surface area contributed by atoms with Gasteiger partial charge in [-0.25, -0.2) is 0 Å². The topological polar surface area (TPSA) is 169 Å². The highest BCUT2D eigenvalue weighted by Crippen LogP contribution is 2.60. The van der Waals surface area contributed by atoms with Crippen LogP contribution in [-0.4, -0.2) is 71.1 Å². The van der Waals surface area contributed by atoms with E-state index in [1.54, 1.807) is 54.4 Å². The standard InChI is InChI=1S/C29H39N3O8Si/c1-16-25(41(4,5)39)24(11-12-33)40-29(16)22-14-21(31-27(37)18(3)35)9-10-23(22)32(28(29)38)15-19-7-6-8-20(13-19)30-26(36)17(2)34/h6-10,13-14,16-18,24-25,33-35,39H,11-12,15H2,1-5H3,(H,30,36)(H,31,37)/t16-,17+,18+,24+,25-,29+/m1/s1. The van der Waals surface area contributed by atoms with Crippen molar-refractivity contribution in [3.05, 3.63) is 53.6 Å². The Labute approximate surface area is 240 Å². The number of rotatable bonds is 9. The smallest absolute Gasteiger partial charge is 0.264 e. The lowest BCUT2D eigenvalue weighted by atomic mass is 9.82. The number of carbonyl (C=O) groups excluding carboxylic acids is 3. The van der Waals surface area contributed by atoms with Gasteiger partial charge in [0.1, 0.15) is 12.2 Å². The van der Waals surface area contributed by atoms with Crippen LogP contribution < -0.4 is 15.5 Å². The summed E-state index contributed by atoms with van der Waals surface area (Å²) in [5.74, 6) is -1.94. The lowest BCUT2D eigenvalue weighted by molar-refractivity contribution is -0.146. The van der Waals surface area contributed by atoms with Crippen LogP contribution in [0.1, 0.15) is 38.3 Å². The van der Waals surface area contributed by atoms with E-state index in [1.807, 2.05) is 13.0 Å². The fourth-order valence-electron chi connectivity index (χ4n) is 6.13. The maximum atomic E-state index is 14.5. The minimum Gasteiger partial charge on any atom is -0.432 e. The number of aliphatic hydroxyl groups excluding tert-OH is 3. The predicted octanol–water partition coefficient (Wildman–Crippen LogP) is 2.05. The van der Waals surface area contributed by atoms with Gasteiger partial charge in [0.2, 0.25) is 0 Å². The zero-order valence-corrected chi connectivity index (χ0v) is 24.9. The summed E-state index contributed by atoms with van der Waals surface area (Å²) in [7, 11) is -2.89. The van der Waals surface area contributed by atoms with E-state index in [2.05, 4.69) is 10.6 Å². The molecule has 0 saturated carbocycles. The summed E-state index contributed by atoms with van der Waals surface area (Å²) >= 11 is 0. The summed E-state index contributed by atoms with van der Waals surface area (Å²) in [5.41, 5.74) is 0.814. The minimum atomic E-state index is -2.89. The molecule has 3 amide bonds. The molecule has 2 aliphatic heterocycles. The Balaban J connectivity index is 1.79. The van der Waals surface area contributed by atoms with Gasteiger partial charge >= 0.3 is 0 Å². The molecule has 2 aromatic rings. The van der Waals surface area contributed by atoms with Crippen LogP contribution in [-0.2, 0) is 31.3 Å². The highest BCUT2D eigenvalue weighted by Gasteiger charge is 2.66. The number of hydrogen-bond acceptors (Lipinski definition) is 8. The summed E-state index contributed by atoms with van der Waals surface area (Å²) in [6.07, 6.45) is -2.74. The first kappa shape index (κ1) is 30.8. The average molecular weight is 586 g/mol. The Morgan fingerprint density at radius 1 is 1.05 bits per heavy atom. The van der Waals surface area contributed by atoms with E-state index < -0.39 is 50.0 Å². The van der Waals surface area contributed by atoms with Crippen molar-refractivity contribution in [1.29, 1.82) is 0 Å². The van der Waals surface area contributed by atoms with Gasteiger partial charge in [0, 0.05) is 35.0 Å². The molecule has 12 heteroatoms. The predicted molar refractivity (Wildman–Crippen MR) is 156 cm³/mol. The van der Waals surface area contributed by atoms with Gasteiger partial charge in [0.25, 0.3) is 17.7 Å². The molecule has 11 nitrogen and oxygen atoms in total. The van der Waals surface area contributed by atoms with Gasteiger partial charge in [-0.1, -0.05) is 19.1 Å². The zero-order valence-electron chi connectivity index (χ0n) is 23.9. The molecule has 0 radical (unpaired) electrons. The molecule has 0 bridgehead atoms. The Kier molecular flexibility index (Phi) is 8.74. The molecular weight excluding hydrogens is 546 g/mol. The van der Waals surface area contributed by atoms with E-state index in [0.29, 0.717) is 28.2 Å². The van der Waals surface area contributed by atoms with Crippen LogP contribution in [0.5, 0.6) is 0 Å². The molecule has 1 fully saturated rings. The van der Waals surface area contributed by atoms with Crippen molar-refractivity contribution in [3.8, 4) is 0 Å². The first-order chi connectivity index (χ1) is 19.2. The maximum Gasteiger partial charge on any atom is 0.264 e. The average Bonchev–Trinajstić information content (AvgIpc) is 3.31. The van der Waals surface area contributed by atoms with Gasteiger partial charge in [-0.15, -0.1) is 0 Å². The van der Waals surface area contributed by atoms with Gasteiger partial charge in [-0.3, -0.25) is 14.4 Å². The summed E-state index contributed by atoms with van der Waals surface area (Å²) in [4.78, 5) is 51.6. The van der Waals surface area contributed by atoms with E-state index in [1.165, 1.54) is 13.8 Å². The van der Waals surface area contributed by atoms with Gasteiger partial charge in [0.15, 0.2) is 13.9 Å². The summed E-state index contributed by atoms with van der Waals surface area (Å²) in [6, 6.07) is 12.0. The Morgan fingerprint density at radius 2 is 1.66 bits per heavy atom. The molecule has 6 atom stereocenters. The van der Waals surface area contributed by atoms with E-state index in [4.69, 9.17) is 4.74 Å². The van der Waals surface area contributed by atoms with Gasteiger partial charge in [-0.2, -0.15) is 0 Å². The number of nitrogens with zero attached hydrogens (tertiary/aromatic N) is 1. The molecule has 0 unspecified atom stereocenters. The van der Waals surface area contributed by atoms with Crippen LogP contribution in [0, 0.1) is 5.92 Å². The molecule has 41 heavy (non-hydrogen) atoms. The van der Waals surface area contributed by atoms with Crippen LogP contribution in [0.2, 0.25) is 18.6 Å². The highest BCUT2D eigenvalue weighted by atomic mass is 28.4. The Bertz CT molecular complexity index is 1330. The van der Waals surface area contributed by atoms with E-state index in [-0.39, 0.29) is 31.0 Å². The molecule has 2 aromatic carbocycles. The van der Waals surface area contributed by atoms with E-state index in [9.17, 15) is 34.5 Å². The van der Waals surface area contributed by atoms with Crippen molar-refractivity contribution in [2.45, 2.75) is 76.3 Å². The summed E-state index contributed by atoms with van der Waals surface area (Å²) in [5, 5.41) is 34.4. The number of ether oxygens (including phenoxy) is 1. The molecule has 0 aromatic heterocycles. The third kappa shape index (κ3) is 5.81. The second-order valence-electron chi connectivity index (χ2n) is 11.5. The lowest BCUT2D eigenvalue weighted by Crippen LogP contribution is -2.46. The van der Waals surface area contributed by atoms with Crippen molar-refractivity contribution < 1.29 is 39.2 Å². The van der Waals surface area contributed by atoms with E-state index in [0.717, 1.165) is 0 Å². The number of hydrogen-bond donors (Lipinski definition) is 6. The van der Waals surface area contributed by atoms with Crippen molar-refractivity contribution >= 4 is 43.1 Å². The quantitative estimate of drug-likeness (QED) is 0.243. The molecular formula is C29H39N3O8Si. The Morgan fingerprint density at radius 3 is 2.22 bits per heavy atom. The van der Waals surface area contributed by atoms with Crippen LogP contribution in [0.3, 0.4) is 0 Å². The zero-order chi connectivity index (χ0) is 30.3. The molecule has 1 spiro atoms. The van der Waals surface area contributed by atoms with Gasteiger partial charge in [0.05, 0.1) is 18.3 Å². The largest absolute Gasteiger partial charge is 0.432 e. The number of anilines is 3. The number of nitrogens with one attached hydrogen (secondary N) is 2. The molecule has 222 valence electrons. The summed E-state index contributed by atoms with van der Waals surface area (Å²) in [6.45, 7) is 8.16. The Hall–Kier alpha value is -3.13. The molecule has 2 heterocycles. The maximum absolute atomic E-state index is 14.5. The van der Waals surface area contributed by atoms with Crippen molar-refractivity contribution in [2.75, 3.05) is 22.1 Å².